The summed E-state index contributed by atoms with van der Waals surface area (Å²) in [4.78, 5) is 0. The molecule has 0 saturated carbocycles. The molecular weight excluding hydrogens is 168 g/mol. The highest BCUT2D eigenvalue weighted by molar-refractivity contribution is 5.38. The van der Waals surface area contributed by atoms with Crippen molar-refractivity contribution >= 4 is 0 Å². The second kappa shape index (κ2) is 7.14. The van der Waals surface area contributed by atoms with Gasteiger partial charge in [-0.25, -0.2) is 0 Å². The molecule has 14 heavy (non-hydrogen) atoms. The van der Waals surface area contributed by atoms with Gasteiger partial charge in [0.15, 0.2) is 0 Å². The first-order valence-electron chi connectivity index (χ1n) is 4.89. The summed E-state index contributed by atoms with van der Waals surface area (Å²) < 4.78 is 0. The molecule has 0 bridgehead atoms. The van der Waals surface area contributed by atoms with Crippen LogP contribution in [0.25, 0.3) is 0 Å². The predicted molar refractivity (Wildman–Crippen MR) is 66.3 cm³/mol. The van der Waals surface area contributed by atoms with Gasteiger partial charge >= 0.3 is 0 Å². The van der Waals surface area contributed by atoms with Gasteiger partial charge in [0.25, 0.3) is 0 Å². The van der Waals surface area contributed by atoms with Crippen molar-refractivity contribution in [1.82, 2.24) is 0 Å². The zero-order valence-corrected chi connectivity index (χ0v) is 9.34. The fourth-order valence-corrected chi connectivity index (χ4v) is 1.10. The highest BCUT2D eigenvalue weighted by atomic mass is 14.0. The van der Waals surface area contributed by atoms with Crippen molar-refractivity contribution in [2.24, 2.45) is 0 Å². The first-order chi connectivity index (χ1) is 6.61. The van der Waals surface area contributed by atoms with E-state index in [-0.39, 0.29) is 0 Å². The first-order valence-corrected chi connectivity index (χ1v) is 4.89. The van der Waals surface area contributed by atoms with E-state index in [1.807, 2.05) is 26.0 Å². The fourth-order valence-electron chi connectivity index (χ4n) is 1.10. The fraction of sp³-hybridized carbons (Fsp3) is 0.286. The van der Waals surface area contributed by atoms with Crippen LogP contribution in [0.1, 0.15) is 26.7 Å². The molecule has 0 radical (unpaired) electrons. The van der Waals surface area contributed by atoms with Crippen molar-refractivity contribution in [2.75, 3.05) is 0 Å². The molecule has 0 aliphatic heterocycles. The molecule has 0 fully saturated rings. The molecule has 0 N–H and O–H groups in total. The highest BCUT2D eigenvalue weighted by Gasteiger charge is 1.97. The van der Waals surface area contributed by atoms with Crippen LogP contribution in [-0.4, -0.2) is 0 Å². The van der Waals surface area contributed by atoms with Gasteiger partial charge in [-0.15, -0.1) is 6.58 Å². The van der Waals surface area contributed by atoms with Crippen LogP contribution in [0, 0.1) is 0 Å². The molecule has 0 spiro atoms. The first kappa shape index (κ1) is 12.7. The largest absolute Gasteiger partial charge is 0.100 e. The molecule has 0 atom stereocenters. The van der Waals surface area contributed by atoms with Crippen molar-refractivity contribution in [1.29, 1.82) is 0 Å². The van der Waals surface area contributed by atoms with E-state index in [1.54, 1.807) is 6.08 Å². The molecule has 0 saturated heterocycles. The van der Waals surface area contributed by atoms with Crippen LogP contribution in [0.5, 0.6) is 0 Å². The number of rotatable bonds is 6. The third-order valence-electron chi connectivity index (χ3n) is 1.98. The maximum absolute atomic E-state index is 4.06. The Kier molecular flexibility index (Phi) is 6.47. The Balaban J connectivity index is 4.26. The van der Waals surface area contributed by atoms with Crippen molar-refractivity contribution in [3.8, 4) is 0 Å². The third kappa shape index (κ3) is 5.36. The van der Waals surface area contributed by atoms with E-state index in [2.05, 4.69) is 25.8 Å². The van der Waals surface area contributed by atoms with Crippen LogP contribution in [-0.2, 0) is 0 Å². The summed E-state index contributed by atoms with van der Waals surface area (Å²) in [5, 5.41) is 0. The topological polar surface area (TPSA) is 0 Å². The third-order valence-corrected chi connectivity index (χ3v) is 1.98. The second-order valence-corrected chi connectivity index (χ2v) is 3.40. The maximum Gasteiger partial charge on any atom is -0.0242 e. The summed E-state index contributed by atoms with van der Waals surface area (Å²) in [6.07, 6.45) is 9.81. The summed E-state index contributed by atoms with van der Waals surface area (Å²) >= 11 is 0. The van der Waals surface area contributed by atoms with Gasteiger partial charge in [-0.05, 0) is 37.8 Å². The second-order valence-electron chi connectivity index (χ2n) is 3.40. The Labute approximate surface area is 88.0 Å². The van der Waals surface area contributed by atoms with Gasteiger partial charge in [0.1, 0.15) is 0 Å². The number of hydrogen-bond acceptors (Lipinski definition) is 0. The van der Waals surface area contributed by atoms with Crippen LogP contribution >= 0.6 is 0 Å². The van der Waals surface area contributed by atoms with Crippen molar-refractivity contribution < 1.29 is 0 Å². The lowest BCUT2D eigenvalue weighted by atomic mass is 10.0. The van der Waals surface area contributed by atoms with Crippen LogP contribution in [0.15, 0.2) is 60.8 Å². The minimum Gasteiger partial charge on any atom is -0.100 e. The summed E-state index contributed by atoms with van der Waals surface area (Å²) in [6, 6.07) is 0. The zero-order valence-electron chi connectivity index (χ0n) is 9.34. The predicted octanol–water partition coefficient (Wildman–Crippen LogP) is 4.59. The van der Waals surface area contributed by atoms with Crippen LogP contribution < -0.4 is 0 Å². The molecular formula is C14H20. The van der Waals surface area contributed by atoms with Crippen LogP contribution in [0.3, 0.4) is 0 Å². The van der Waals surface area contributed by atoms with E-state index in [0.717, 1.165) is 18.4 Å². The van der Waals surface area contributed by atoms with Crippen LogP contribution in [0.2, 0.25) is 0 Å². The standard InChI is InChI=1S/C14H20/c1-6-8-9-14(7-2)13(5)11-10-12(3)4/h6-9H,1,3,5,10-11H2,2,4H3/b9-8-,14-7+. The van der Waals surface area contributed by atoms with E-state index < -0.39 is 0 Å². The minimum absolute atomic E-state index is 0.983. The Morgan fingerprint density at radius 1 is 1.21 bits per heavy atom. The van der Waals surface area contributed by atoms with E-state index in [0.29, 0.717) is 0 Å². The molecule has 0 amide bonds. The van der Waals surface area contributed by atoms with E-state index in [9.17, 15) is 0 Å². The Morgan fingerprint density at radius 3 is 2.29 bits per heavy atom. The molecule has 0 unspecified atom stereocenters. The average molecular weight is 188 g/mol. The molecule has 76 valence electrons. The van der Waals surface area contributed by atoms with Gasteiger partial charge in [-0.3, -0.25) is 0 Å². The zero-order chi connectivity index (χ0) is 11.0. The quantitative estimate of drug-likeness (QED) is 0.422. The molecule has 0 aromatic carbocycles. The van der Waals surface area contributed by atoms with Gasteiger partial charge in [0.2, 0.25) is 0 Å². The van der Waals surface area contributed by atoms with E-state index >= 15 is 0 Å². The Hall–Kier alpha value is -1.30. The van der Waals surface area contributed by atoms with Crippen molar-refractivity contribution in [3.63, 3.8) is 0 Å². The SMILES string of the molecule is C=C/C=C\C(=C/C)C(=C)CCC(=C)C. The minimum atomic E-state index is 0.983. The maximum atomic E-state index is 4.06. The molecule has 0 heteroatoms. The molecule has 0 aromatic heterocycles. The van der Waals surface area contributed by atoms with Crippen molar-refractivity contribution in [2.45, 2.75) is 26.7 Å². The lowest BCUT2D eigenvalue weighted by Crippen LogP contribution is -1.86. The smallest absolute Gasteiger partial charge is 0.0242 e. The lowest BCUT2D eigenvalue weighted by molar-refractivity contribution is 0.944. The van der Waals surface area contributed by atoms with E-state index in [4.69, 9.17) is 0 Å². The van der Waals surface area contributed by atoms with Gasteiger partial charge in [0, 0.05) is 0 Å². The van der Waals surface area contributed by atoms with Gasteiger partial charge in [-0.2, -0.15) is 0 Å². The average Bonchev–Trinajstić information content (AvgIpc) is 2.16. The number of allylic oxidation sites excluding steroid dienone is 7. The molecule has 0 nitrogen and oxygen atoms in total. The summed E-state index contributed by atoms with van der Waals surface area (Å²) in [5.41, 5.74) is 3.55. The molecule has 0 aromatic rings. The molecule has 0 rings (SSSR count). The Bertz CT molecular complexity index is 274. The number of hydrogen-bond donors (Lipinski definition) is 0. The molecule has 0 aliphatic carbocycles. The van der Waals surface area contributed by atoms with Gasteiger partial charge < -0.3 is 0 Å². The summed E-state index contributed by atoms with van der Waals surface area (Å²) in [5.74, 6) is 0. The molecule has 0 aliphatic rings. The molecule has 0 heterocycles. The van der Waals surface area contributed by atoms with E-state index in [1.165, 1.54) is 11.1 Å². The van der Waals surface area contributed by atoms with Crippen molar-refractivity contribution in [3.05, 3.63) is 60.8 Å². The van der Waals surface area contributed by atoms with Gasteiger partial charge in [-0.1, -0.05) is 43.0 Å². The monoisotopic (exact) mass is 188 g/mol. The summed E-state index contributed by atoms with van der Waals surface area (Å²) in [6.45, 7) is 15.6. The lowest BCUT2D eigenvalue weighted by Gasteiger charge is -2.05. The Morgan fingerprint density at radius 2 is 1.86 bits per heavy atom. The highest BCUT2D eigenvalue weighted by Crippen LogP contribution is 2.17. The normalized spacial score (nSPS) is 11.7. The van der Waals surface area contributed by atoms with Gasteiger partial charge in [0.05, 0.1) is 0 Å². The summed E-state index contributed by atoms with van der Waals surface area (Å²) in [7, 11) is 0. The van der Waals surface area contributed by atoms with Crippen LogP contribution in [0.4, 0.5) is 0 Å².